The molecule has 0 unspecified atom stereocenters. The molecular formula is C12H20N+. The summed E-state index contributed by atoms with van der Waals surface area (Å²) in [5, 5.41) is 0. The summed E-state index contributed by atoms with van der Waals surface area (Å²) in [6.07, 6.45) is 5.40. The van der Waals surface area contributed by atoms with E-state index in [2.05, 4.69) is 32.4 Å². The van der Waals surface area contributed by atoms with Gasteiger partial charge in [0.25, 0.3) is 0 Å². The minimum absolute atomic E-state index is 0.338. The Morgan fingerprint density at radius 3 is 2.38 bits per heavy atom. The molecule has 0 saturated heterocycles. The maximum atomic E-state index is 2.43. The molecule has 0 aromatic rings. The lowest BCUT2D eigenvalue weighted by Gasteiger charge is -2.21. The summed E-state index contributed by atoms with van der Waals surface area (Å²) in [5.41, 5.74) is 5.19. The van der Waals surface area contributed by atoms with Gasteiger partial charge in [-0.25, -0.2) is 4.58 Å². The number of hydrogen-bond acceptors (Lipinski definition) is 0. The van der Waals surface area contributed by atoms with Crippen LogP contribution in [0.4, 0.5) is 0 Å². The number of nitrogens with zero attached hydrogens (tertiary/aromatic N) is 1. The first-order chi connectivity index (χ1) is 6.05. The molecule has 0 aromatic heterocycles. The molecule has 1 nitrogen and oxygen atoms in total. The lowest BCUT2D eigenvalue weighted by molar-refractivity contribution is -0.445. The van der Waals surface area contributed by atoms with Gasteiger partial charge >= 0.3 is 0 Å². The Morgan fingerprint density at radius 1 is 1.15 bits per heavy atom. The van der Waals surface area contributed by atoms with Crippen LogP contribution < -0.4 is 0 Å². The molecule has 0 aromatic carbocycles. The van der Waals surface area contributed by atoms with E-state index >= 15 is 0 Å². The molecule has 0 radical (unpaired) electrons. The second kappa shape index (κ2) is 2.70. The van der Waals surface area contributed by atoms with Gasteiger partial charge in [-0.05, 0) is 33.1 Å². The van der Waals surface area contributed by atoms with Crippen molar-refractivity contribution in [3.05, 3.63) is 11.3 Å². The highest BCUT2D eigenvalue weighted by Gasteiger charge is 2.43. The fourth-order valence-corrected chi connectivity index (χ4v) is 2.77. The van der Waals surface area contributed by atoms with Crippen molar-refractivity contribution in [2.75, 3.05) is 7.05 Å². The van der Waals surface area contributed by atoms with Crippen molar-refractivity contribution < 1.29 is 4.58 Å². The first-order valence-corrected chi connectivity index (χ1v) is 5.35. The standard InChI is InChI=1S/C12H20N/c1-9-12(2,3)10-7-5-6-8-11(10)13(9)4/h5-8H2,1-4H3/q+1. The lowest BCUT2D eigenvalue weighted by atomic mass is 9.77. The van der Waals surface area contributed by atoms with Crippen molar-refractivity contribution in [2.24, 2.45) is 5.41 Å². The molecule has 1 heteroatoms. The second-order valence-corrected chi connectivity index (χ2v) is 4.90. The maximum absolute atomic E-state index is 2.43. The van der Waals surface area contributed by atoms with Gasteiger partial charge < -0.3 is 0 Å². The van der Waals surface area contributed by atoms with Crippen molar-refractivity contribution in [3.8, 4) is 0 Å². The van der Waals surface area contributed by atoms with Crippen LogP contribution in [0, 0.1) is 5.41 Å². The Balaban J connectivity index is 2.50. The van der Waals surface area contributed by atoms with Gasteiger partial charge in [0.2, 0.25) is 0 Å². The van der Waals surface area contributed by atoms with E-state index in [9.17, 15) is 0 Å². The van der Waals surface area contributed by atoms with E-state index < -0.39 is 0 Å². The van der Waals surface area contributed by atoms with Crippen LogP contribution in [0.3, 0.4) is 0 Å². The Morgan fingerprint density at radius 2 is 1.77 bits per heavy atom. The highest BCUT2D eigenvalue weighted by Crippen LogP contribution is 2.43. The van der Waals surface area contributed by atoms with Crippen molar-refractivity contribution in [1.29, 1.82) is 0 Å². The van der Waals surface area contributed by atoms with Crippen LogP contribution in [-0.4, -0.2) is 17.3 Å². The number of hydrogen-bond donors (Lipinski definition) is 0. The van der Waals surface area contributed by atoms with Crippen molar-refractivity contribution in [1.82, 2.24) is 0 Å². The molecule has 0 atom stereocenters. The van der Waals surface area contributed by atoms with E-state index in [1.807, 2.05) is 0 Å². The summed E-state index contributed by atoms with van der Waals surface area (Å²) in [5.74, 6) is 0. The summed E-state index contributed by atoms with van der Waals surface area (Å²) in [7, 11) is 2.23. The fraction of sp³-hybridized carbons (Fsp3) is 0.750. The predicted octanol–water partition coefficient (Wildman–Crippen LogP) is 2.96. The molecule has 0 amide bonds. The van der Waals surface area contributed by atoms with Crippen molar-refractivity contribution in [2.45, 2.75) is 46.5 Å². The zero-order valence-corrected chi connectivity index (χ0v) is 9.28. The van der Waals surface area contributed by atoms with E-state index in [4.69, 9.17) is 0 Å². The molecule has 2 aliphatic rings. The van der Waals surface area contributed by atoms with E-state index in [-0.39, 0.29) is 0 Å². The summed E-state index contributed by atoms with van der Waals surface area (Å²) < 4.78 is 2.43. The molecule has 13 heavy (non-hydrogen) atoms. The zero-order chi connectivity index (χ0) is 9.64. The first kappa shape index (κ1) is 8.98. The summed E-state index contributed by atoms with van der Waals surface area (Å²) >= 11 is 0. The van der Waals surface area contributed by atoms with Crippen LogP contribution >= 0.6 is 0 Å². The van der Waals surface area contributed by atoms with E-state index in [1.54, 1.807) is 11.3 Å². The van der Waals surface area contributed by atoms with Gasteiger partial charge in [0.15, 0.2) is 11.4 Å². The lowest BCUT2D eigenvalue weighted by Crippen LogP contribution is -2.23. The quantitative estimate of drug-likeness (QED) is 0.502. The molecule has 0 spiro atoms. The van der Waals surface area contributed by atoms with Gasteiger partial charge in [0, 0.05) is 18.9 Å². The molecule has 0 bridgehead atoms. The Hall–Kier alpha value is -0.590. The Bertz CT molecular complexity index is 305. The van der Waals surface area contributed by atoms with Crippen LogP contribution in [-0.2, 0) is 0 Å². The molecule has 0 saturated carbocycles. The molecule has 2 rings (SSSR count). The normalized spacial score (nSPS) is 26.8. The fourth-order valence-electron chi connectivity index (χ4n) is 2.77. The Labute approximate surface area is 81.2 Å². The first-order valence-electron chi connectivity index (χ1n) is 5.35. The summed E-state index contributed by atoms with van der Waals surface area (Å²) in [6, 6.07) is 0. The van der Waals surface area contributed by atoms with Gasteiger partial charge in [0.05, 0.1) is 5.41 Å². The highest BCUT2D eigenvalue weighted by molar-refractivity contribution is 5.88. The zero-order valence-electron chi connectivity index (χ0n) is 9.28. The van der Waals surface area contributed by atoms with E-state index in [1.165, 1.54) is 31.4 Å². The third kappa shape index (κ3) is 1.09. The SMILES string of the molecule is CC1=[N+](C)C2=C(CCCC2)C1(C)C. The van der Waals surface area contributed by atoms with Crippen LogP contribution in [0.1, 0.15) is 46.5 Å². The topological polar surface area (TPSA) is 3.01 Å². The third-order valence-corrected chi connectivity index (χ3v) is 4.01. The molecule has 0 fully saturated rings. The van der Waals surface area contributed by atoms with Gasteiger partial charge in [-0.3, -0.25) is 0 Å². The molecule has 1 aliphatic carbocycles. The number of rotatable bonds is 0. The average molecular weight is 178 g/mol. The molecule has 0 N–H and O–H groups in total. The molecule has 72 valence electrons. The van der Waals surface area contributed by atoms with Crippen LogP contribution in [0.2, 0.25) is 0 Å². The minimum atomic E-state index is 0.338. The Kier molecular flexibility index (Phi) is 1.86. The maximum Gasteiger partial charge on any atom is 0.181 e. The highest BCUT2D eigenvalue weighted by atomic mass is 15.0. The molecule has 1 heterocycles. The molecule has 1 aliphatic heterocycles. The summed E-state index contributed by atoms with van der Waals surface area (Å²) in [6.45, 7) is 7.01. The van der Waals surface area contributed by atoms with E-state index in [0.717, 1.165) is 0 Å². The smallest absolute Gasteiger partial charge is 0.181 e. The third-order valence-electron chi connectivity index (χ3n) is 4.01. The predicted molar refractivity (Wildman–Crippen MR) is 56.1 cm³/mol. The minimum Gasteiger partial charge on any atom is -0.206 e. The van der Waals surface area contributed by atoms with Crippen LogP contribution in [0.15, 0.2) is 11.3 Å². The van der Waals surface area contributed by atoms with Crippen LogP contribution in [0.5, 0.6) is 0 Å². The second-order valence-electron chi connectivity index (χ2n) is 4.90. The van der Waals surface area contributed by atoms with E-state index in [0.29, 0.717) is 5.41 Å². The monoisotopic (exact) mass is 178 g/mol. The summed E-state index contributed by atoms with van der Waals surface area (Å²) in [4.78, 5) is 0. The van der Waals surface area contributed by atoms with Crippen molar-refractivity contribution >= 4 is 5.71 Å². The van der Waals surface area contributed by atoms with Gasteiger partial charge in [0.1, 0.15) is 7.05 Å². The largest absolute Gasteiger partial charge is 0.206 e. The van der Waals surface area contributed by atoms with Gasteiger partial charge in [-0.15, -0.1) is 0 Å². The molecular weight excluding hydrogens is 158 g/mol. The van der Waals surface area contributed by atoms with Gasteiger partial charge in [-0.1, -0.05) is 0 Å². The average Bonchev–Trinajstić information content (AvgIpc) is 2.30. The van der Waals surface area contributed by atoms with Crippen molar-refractivity contribution in [3.63, 3.8) is 0 Å². The number of allylic oxidation sites excluding steroid dienone is 2. The van der Waals surface area contributed by atoms with Crippen LogP contribution in [0.25, 0.3) is 0 Å². The van der Waals surface area contributed by atoms with Gasteiger partial charge in [-0.2, -0.15) is 0 Å².